The number of phosphoric acid groups is 1. The van der Waals surface area contributed by atoms with Crippen LogP contribution in [0.4, 0.5) is 0 Å². The number of esters is 1. The summed E-state index contributed by atoms with van der Waals surface area (Å²) < 4.78 is 26.9. The molecule has 4 N–H and O–H groups in total. The fraction of sp³-hybridized carbons (Fsp3) is 0.722. The van der Waals surface area contributed by atoms with Gasteiger partial charge in [-0.2, -0.15) is 0 Å². The van der Waals surface area contributed by atoms with Crippen molar-refractivity contribution in [1.29, 1.82) is 0 Å². The maximum Gasteiger partial charge on any atom is 0.472 e. The smallest absolute Gasteiger partial charge is 0.472 e. The Bertz CT molecular complexity index is 1390. The lowest BCUT2D eigenvalue weighted by Gasteiger charge is -2.18. The van der Waals surface area contributed by atoms with E-state index in [0.29, 0.717) is 12.8 Å². The number of hydrogen-bond acceptors (Lipinski definition) is 8. The van der Waals surface area contributed by atoms with Gasteiger partial charge in [0.05, 0.1) is 13.2 Å². The van der Waals surface area contributed by atoms with Crippen LogP contribution in [0, 0.1) is 0 Å². The maximum absolute atomic E-state index is 12.3. The van der Waals surface area contributed by atoms with E-state index in [-0.39, 0.29) is 12.8 Å². The van der Waals surface area contributed by atoms with Crippen LogP contribution < -0.4 is 5.32 Å². The van der Waals surface area contributed by atoms with Gasteiger partial charge in [0.25, 0.3) is 0 Å². The number of phosphoric ester groups is 1. The first-order chi connectivity index (χ1) is 32.1. The number of ether oxygens (including phenoxy) is 1. The summed E-state index contributed by atoms with van der Waals surface area (Å²) in [7, 11) is -4.78. The molecule has 66 heavy (non-hydrogen) atoms. The molecule has 0 saturated heterocycles. The van der Waals surface area contributed by atoms with E-state index in [1.807, 2.05) is 0 Å². The maximum atomic E-state index is 12.3. The highest BCUT2D eigenvalue weighted by atomic mass is 31.2. The standard InChI is InChI=1S/C54H94NO10P/c1-3-5-7-9-11-13-15-17-19-21-23-24-25-26-28-30-32-34-36-38-40-42-44-46-53(58)63-47-50(56)48-64-66(61,62)65-49-51(54(59)60)55-52(57)45-43-41-39-37-35-33-31-29-27-22-20-18-16-14-12-10-8-6-4-2/h11-14,17-20,27,29,33,35,50-51,56H,3-10,15-16,21-26,28,30-32,34,36-49H2,1-2H3,(H,55,57)(H,59,60)(H,61,62)/b13-11-,14-12-,19-17-,20-18-,29-27-,35-33-. The Balaban J connectivity index is 3.86. The summed E-state index contributed by atoms with van der Waals surface area (Å²) in [5.41, 5.74) is 0. The highest BCUT2D eigenvalue weighted by molar-refractivity contribution is 7.47. The normalized spacial score (nSPS) is 14.1. The second kappa shape index (κ2) is 48.4. The van der Waals surface area contributed by atoms with Gasteiger partial charge in [-0.1, -0.05) is 189 Å². The zero-order chi connectivity index (χ0) is 48.4. The molecule has 380 valence electrons. The zero-order valence-electron chi connectivity index (χ0n) is 41.5. The summed E-state index contributed by atoms with van der Waals surface area (Å²) >= 11 is 0. The first-order valence-electron chi connectivity index (χ1n) is 26.0. The predicted octanol–water partition coefficient (Wildman–Crippen LogP) is 14.5. The quantitative estimate of drug-likeness (QED) is 0.0199. The monoisotopic (exact) mass is 948 g/mol. The molecule has 0 aromatic rings. The minimum absolute atomic E-state index is 0.105. The van der Waals surface area contributed by atoms with E-state index in [1.165, 1.54) is 116 Å². The molecule has 0 bridgehead atoms. The number of aliphatic hydroxyl groups is 1. The average Bonchev–Trinajstić information content (AvgIpc) is 3.29. The molecule has 0 saturated carbocycles. The summed E-state index contributed by atoms with van der Waals surface area (Å²) in [4.78, 5) is 46.1. The number of carboxylic acid groups (broad SMARTS) is 1. The average molecular weight is 948 g/mol. The Hall–Kier alpha value is -3.08. The van der Waals surface area contributed by atoms with Gasteiger partial charge in [0.2, 0.25) is 5.91 Å². The third kappa shape index (κ3) is 47.4. The summed E-state index contributed by atoms with van der Waals surface area (Å²) in [6.07, 6.45) is 59.2. The van der Waals surface area contributed by atoms with E-state index >= 15 is 0 Å². The van der Waals surface area contributed by atoms with E-state index in [9.17, 15) is 34.1 Å². The Kier molecular flexibility index (Phi) is 46.1. The number of aliphatic hydroxyl groups excluding tert-OH is 1. The number of allylic oxidation sites excluding steroid dienone is 12. The van der Waals surface area contributed by atoms with Crippen molar-refractivity contribution in [3.63, 3.8) is 0 Å². The van der Waals surface area contributed by atoms with Crippen LogP contribution in [-0.2, 0) is 32.7 Å². The van der Waals surface area contributed by atoms with E-state index in [0.717, 1.165) is 64.2 Å². The van der Waals surface area contributed by atoms with Crippen molar-refractivity contribution in [1.82, 2.24) is 5.32 Å². The third-order valence-electron chi connectivity index (χ3n) is 11.0. The van der Waals surface area contributed by atoms with Crippen molar-refractivity contribution in [2.45, 2.75) is 231 Å². The molecular formula is C54H94NO10P. The van der Waals surface area contributed by atoms with Crippen LogP contribution in [0.2, 0.25) is 0 Å². The Morgan fingerprint density at radius 1 is 0.485 bits per heavy atom. The Labute approximate surface area is 401 Å². The van der Waals surface area contributed by atoms with Crippen molar-refractivity contribution < 1.29 is 47.8 Å². The summed E-state index contributed by atoms with van der Waals surface area (Å²) in [6.45, 7) is 2.54. The topological polar surface area (TPSA) is 169 Å². The largest absolute Gasteiger partial charge is 0.480 e. The molecule has 3 atom stereocenters. The van der Waals surface area contributed by atoms with Gasteiger partial charge < -0.3 is 25.2 Å². The van der Waals surface area contributed by atoms with E-state index < -0.39 is 57.6 Å². The lowest BCUT2D eigenvalue weighted by Crippen LogP contribution is -2.43. The van der Waals surface area contributed by atoms with Crippen LogP contribution >= 0.6 is 7.82 Å². The van der Waals surface area contributed by atoms with Gasteiger partial charge in [-0.3, -0.25) is 18.6 Å². The van der Waals surface area contributed by atoms with Gasteiger partial charge >= 0.3 is 19.8 Å². The van der Waals surface area contributed by atoms with Crippen molar-refractivity contribution in [3.05, 3.63) is 72.9 Å². The number of hydrogen-bond donors (Lipinski definition) is 4. The second-order valence-electron chi connectivity index (χ2n) is 17.4. The van der Waals surface area contributed by atoms with Crippen LogP contribution in [0.25, 0.3) is 0 Å². The van der Waals surface area contributed by atoms with Gasteiger partial charge in [0, 0.05) is 12.8 Å². The molecule has 0 radical (unpaired) electrons. The molecule has 0 aliphatic rings. The molecule has 0 spiro atoms. The number of carbonyl (C=O) groups excluding carboxylic acids is 2. The minimum Gasteiger partial charge on any atom is -0.480 e. The van der Waals surface area contributed by atoms with Gasteiger partial charge in [0.1, 0.15) is 12.7 Å². The molecule has 0 aromatic heterocycles. The number of unbranched alkanes of at least 4 members (excludes halogenated alkanes) is 22. The van der Waals surface area contributed by atoms with Crippen LogP contribution in [0.15, 0.2) is 72.9 Å². The first kappa shape index (κ1) is 62.9. The number of amides is 1. The molecule has 0 rings (SSSR count). The molecule has 0 aliphatic heterocycles. The van der Waals surface area contributed by atoms with Gasteiger partial charge in [-0.15, -0.1) is 0 Å². The zero-order valence-corrected chi connectivity index (χ0v) is 42.4. The molecule has 0 aromatic carbocycles. The van der Waals surface area contributed by atoms with Crippen LogP contribution in [0.1, 0.15) is 219 Å². The van der Waals surface area contributed by atoms with Gasteiger partial charge in [-0.25, -0.2) is 9.36 Å². The Morgan fingerprint density at radius 3 is 1.26 bits per heavy atom. The number of aliphatic carboxylic acids is 1. The molecule has 0 aliphatic carbocycles. The lowest BCUT2D eigenvalue weighted by atomic mass is 10.0. The van der Waals surface area contributed by atoms with Gasteiger partial charge in [0.15, 0.2) is 6.04 Å². The fourth-order valence-electron chi connectivity index (χ4n) is 6.92. The molecule has 3 unspecified atom stereocenters. The number of nitrogens with one attached hydrogen (secondary N) is 1. The van der Waals surface area contributed by atoms with E-state index in [1.54, 1.807) is 0 Å². The minimum atomic E-state index is -4.78. The summed E-state index contributed by atoms with van der Waals surface area (Å²) in [5.74, 6) is -2.42. The molecule has 12 heteroatoms. The second-order valence-corrected chi connectivity index (χ2v) is 18.8. The fourth-order valence-corrected chi connectivity index (χ4v) is 7.69. The molecule has 1 amide bonds. The van der Waals surface area contributed by atoms with Crippen molar-refractivity contribution in [3.8, 4) is 0 Å². The van der Waals surface area contributed by atoms with Crippen LogP contribution in [0.5, 0.6) is 0 Å². The van der Waals surface area contributed by atoms with Crippen LogP contribution in [-0.4, -0.2) is 64.9 Å². The highest BCUT2D eigenvalue weighted by Gasteiger charge is 2.28. The number of carbonyl (C=O) groups is 3. The number of rotatable bonds is 48. The highest BCUT2D eigenvalue weighted by Crippen LogP contribution is 2.43. The Morgan fingerprint density at radius 2 is 0.833 bits per heavy atom. The van der Waals surface area contributed by atoms with Crippen molar-refractivity contribution in [2.75, 3.05) is 19.8 Å². The van der Waals surface area contributed by atoms with Crippen LogP contribution in [0.3, 0.4) is 0 Å². The lowest BCUT2D eigenvalue weighted by molar-refractivity contribution is -0.147. The summed E-state index contributed by atoms with van der Waals surface area (Å²) in [6, 6.07) is -1.57. The van der Waals surface area contributed by atoms with Gasteiger partial charge in [-0.05, 0) is 89.9 Å². The van der Waals surface area contributed by atoms with E-state index in [2.05, 4.69) is 92.1 Å². The SMILES string of the molecule is CCCCC/C=C\C/C=C\C/C=C\C/C=C\CCCCCC(=O)NC(COP(=O)(O)OCC(O)COC(=O)CCCCCCCCCCCCCCC/C=C\C/C=C\CCCCC)C(=O)O. The molecule has 0 fully saturated rings. The van der Waals surface area contributed by atoms with Crippen molar-refractivity contribution >= 4 is 25.7 Å². The molecule has 11 nitrogen and oxygen atoms in total. The molecule has 0 heterocycles. The van der Waals surface area contributed by atoms with Crippen molar-refractivity contribution in [2.24, 2.45) is 0 Å². The predicted molar refractivity (Wildman–Crippen MR) is 272 cm³/mol. The van der Waals surface area contributed by atoms with E-state index in [4.69, 9.17) is 13.8 Å². The summed E-state index contributed by atoms with van der Waals surface area (Å²) in [5, 5.41) is 21.9. The molecular weight excluding hydrogens is 854 g/mol. The first-order valence-corrected chi connectivity index (χ1v) is 27.5. The third-order valence-corrected chi connectivity index (χ3v) is 11.9. The number of carboxylic acids is 1.